The van der Waals surface area contributed by atoms with E-state index < -0.39 is 17.9 Å². The molecule has 0 saturated heterocycles. The summed E-state index contributed by atoms with van der Waals surface area (Å²) in [5.41, 5.74) is 16.2. The lowest BCUT2D eigenvalue weighted by Crippen LogP contribution is -2.45. The molecule has 0 heterocycles. The molecule has 9 N–H and O–H groups in total. The molecule has 0 bridgehead atoms. The van der Waals surface area contributed by atoms with E-state index in [4.69, 9.17) is 17.2 Å². The maximum atomic E-state index is 13.3. The largest absolute Gasteiger partial charge is 0.370 e. The molecule has 0 fully saturated rings. The van der Waals surface area contributed by atoms with Crippen molar-refractivity contribution in [3.8, 4) is 0 Å². The minimum Gasteiger partial charge on any atom is -0.370 e. The molecule has 0 rings (SSSR count). The number of amides is 5. The minimum absolute atomic E-state index is 0.0365. The van der Waals surface area contributed by atoms with Crippen LogP contribution in [-0.4, -0.2) is 79.2 Å². The molecule has 0 saturated carbocycles. The minimum atomic E-state index is -0.905. The average Bonchev–Trinajstić information content (AvgIpc) is 3.25. The monoisotopic (exact) mass is 891 g/mol. The quantitative estimate of drug-likeness (QED) is 0.0198. The molecule has 0 aliphatic rings. The number of hydrogen-bond acceptors (Lipinski definition) is 6. The Hall–Kier alpha value is -3.38. The number of rotatable bonds is 47. The van der Waals surface area contributed by atoms with Crippen molar-refractivity contribution < 1.29 is 24.0 Å². The van der Waals surface area contributed by atoms with Crippen molar-refractivity contribution in [2.45, 2.75) is 251 Å². The molecule has 0 aromatic rings. The van der Waals surface area contributed by atoms with E-state index in [-0.39, 0.29) is 69.1 Å². The zero-order chi connectivity index (χ0) is 46.4. The molecule has 0 aliphatic heterocycles. The van der Waals surface area contributed by atoms with E-state index in [0.29, 0.717) is 25.8 Å². The van der Waals surface area contributed by atoms with Gasteiger partial charge in [-0.25, -0.2) is 0 Å². The van der Waals surface area contributed by atoms with Gasteiger partial charge in [0.25, 0.3) is 0 Å². The highest BCUT2D eigenvalue weighted by Gasteiger charge is 2.20. The Labute approximate surface area is 385 Å². The van der Waals surface area contributed by atoms with Crippen molar-refractivity contribution in [2.24, 2.45) is 22.2 Å². The number of nitrogens with two attached hydrogens (primary N) is 3. The SMILES string of the molecule is CCCCCCCCCCCCCCCCCC(=O)NCCN(CCNC(=O)CCCCCCCCCCCCCCCCC)C(=O)CCC(=O)N[C@@H](CCCN=C(N)N)C(N)=O. The van der Waals surface area contributed by atoms with Crippen LogP contribution in [0.5, 0.6) is 0 Å². The predicted octanol–water partition coefficient (Wildman–Crippen LogP) is 9.37. The lowest BCUT2D eigenvalue weighted by atomic mass is 10.0. The summed E-state index contributed by atoms with van der Waals surface area (Å²) in [6.07, 6.45) is 39.5. The van der Waals surface area contributed by atoms with Crippen molar-refractivity contribution in [1.29, 1.82) is 0 Å². The number of nitrogens with one attached hydrogen (secondary N) is 3. The fraction of sp³-hybridized carbons (Fsp3) is 0.880. The van der Waals surface area contributed by atoms with Crippen LogP contribution in [0.3, 0.4) is 0 Å². The van der Waals surface area contributed by atoms with Crippen molar-refractivity contribution in [3.63, 3.8) is 0 Å². The summed E-state index contributed by atoms with van der Waals surface area (Å²) in [5.74, 6) is -1.56. The first kappa shape index (κ1) is 59.6. The molecule has 5 amide bonds. The van der Waals surface area contributed by atoms with Crippen LogP contribution in [0.1, 0.15) is 245 Å². The van der Waals surface area contributed by atoms with Gasteiger partial charge in [0.1, 0.15) is 6.04 Å². The van der Waals surface area contributed by atoms with Gasteiger partial charge in [-0.2, -0.15) is 0 Å². The Balaban J connectivity index is 4.56. The average molecular weight is 891 g/mol. The third kappa shape index (κ3) is 42.3. The highest BCUT2D eigenvalue weighted by molar-refractivity contribution is 5.88. The zero-order valence-electron chi connectivity index (χ0n) is 40.7. The van der Waals surface area contributed by atoms with Gasteiger partial charge in [-0.15, -0.1) is 0 Å². The maximum Gasteiger partial charge on any atom is 0.240 e. The van der Waals surface area contributed by atoms with Gasteiger partial charge >= 0.3 is 0 Å². The van der Waals surface area contributed by atoms with E-state index >= 15 is 0 Å². The number of guanidine groups is 1. The zero-order valence-corrected chi connectivity index (χ0v) is 40.7. The van der Waals surface area contributed by atoms with E-state index in [2.05, 4.69) is 34.8 Å². The molecule has 1 atom stereocenters. The van der Waals surface area contributed by atoms with E-state index in [1.54, 1.807) is 4.90 Å². The van der Waals surface area contributed by atoms with E-state index in [0.717, 1.165) is 38.5 Å². The van der Waals surface area contributed by atoms with Crippen LogP contribution in [0.2, 0.25) is 0 Å². The van der Waals surface area contributed by atoms with Crippen LogP contribution in [0.4, 0.5) is 0 Å². The lowest BCUT2D eigenvalue weighted by Gasteiger charge is -2.23. The lowest BCUT2D eigenvalue weighted by molar-refractivity contribution is -0.134. The number of hydrogen-bond donors (Lipinski definition) is 6. The molecule has 0 aromatic carbocycles. The molecule has 13 heteroatoms. The molecule has 0 spiro atoms. The van der Waals surface area contributed by atoms with Crippen molar-refractivity contribution >= 4 is 35.5 Å². The third-order valence-electron chi connectivity index (χ3n) is 12.0. The Morgan fingerprint density at radius 2 is 0.794 bits per heavy atom. The fourth-order valence-electron chi connectivity index (χ4n) is 7.95. The second-order valence-electron chi connectivity index (χ2n) is 18.0. The van der Waals surface area contributed by atoms with Gasteiger partial charge in [-0.3, -0.25) is 29.0 Å². The van der Waals surface area contributed by atoms with Gasteiger partial charge < -0.3 is 38.1 Å². The first-order valence-electron chi connectivity index (χ1n) is 26.1. The van der Waals surface area contributed by atoms with Gasteiger partial charge in [-0.05, 0) is 25.7 Å². The van der Waals surface area contributed by atoms with Gasteiger partial charge in [0.15, 0.2) is 5.96 Å². The smallest absolute Gasteiger partial charge is 0.240 e. The van der Waals surface area contributed by atoms with Gasteiger partial charge in [0, 0.05) is 58.4 Å². The maximum absolute atomic E-state index is 13.3. The summed E-state index contributed by atoms with van der Waals surface area (Å²) >= 11 is 0. The van der Waals surface area contributed by atoms with Gasteiger partial charge in [0.2, 0.25) is 29.5 Å². The fourth-order valence-corrected chi connectivity index (χ4v) is 7.95. The topological polar surface area (TPSA) is 215 Å². The van der Waals surface area contributed by atoms with Crippen LogP contribution in [0, 0.1) is 0 Å². The number of carbonyl (C=O) groups is 5. The molecule has 0 aromatic heterocycles. The molecule has 0 unspecified atom stereocenters. The van der Waals surface area contributed by atoms with Crippen LogP contribution < -0.4 is 33.2 Å². The van der Waals surface area contributed by atoms with Crippen LogP contribution in [0.25, 0.3) is 0 Å². The van der Waals surface area contributed by atoms with E-state index in [1.165, 1.54) is 154 Å². The highest BCUT2D eigenvalue weighted by Crippen LogP contribution is 2.15. The molecule has 63 heavy (non-hydrogen) atoms. The number of primary amides is 1. The molecule has 368 valence electrons. The number of aliphatic imine (C=N–C) groups is 1. The van der Waals surface area contributed by atoms with Crippen molar-refractivity contribution in [3.05, 3.63) is 0 Å². The molecule has 0 aliphatic carbocycles. The van der Waals surface area contributed by atoms with Crippen LogP contribution in [-0.2, 0) is 24.0 Å². The van der Waals surface area contributed by atoms with Crippen molar-refractivity contribution in [2.75, 3.05) is 32.7 Å². The highest BCUT2D eigenvalue weighted by atomic mass is 16.2. The summed E-state index contributed by atoms with van der Waals surface area (Å²) in [4.78, 5) is 68.7. The van der Waals surface area contributed by atoms with E-state index in [9.17, 15) is 24.0 Å². The summed E-state index contributed by atoms with van der Waals surface area (Å²) in [7, 11) is 0. The predicted molar refractivity (Wildman–Crippen MR) is 262 cm³/mol. The van der Waals surface area contributed by atoms with Gasteiger partial charge in [-0.1, -0.05) is 194 Å². The normalized spacial score (nSPS) is 11.5. The molecule has 0 radical (unpaired) electrons. The Morgan fingerprint density at radius 3 is 1.13 bits per heavy atom. The third-order valence-corrected chi connectivity index (χ3v) is 12.0. The summed E-state index contributed by atoms with van der Waals surface area (Å²) in [6.45, 7) is 5.89. The summed E-state index contributed by atoms with van der Waals surface area (Å²) < 4.78 is 0. The Bertz CT molecular complexity index is 1110. The van der Waals surface area contributed by atoms with Crippen LogP contribution >= 0.6 is 0 Å². The van der Waals surface area contributed by atoms with Crippen molar-refractivity contribution in [1.82, 2.24) is 20.9 Å². The Morgan fingerprint density at radius 1 is 0.444 bits per heavy atom. The standard InChI is InChI=1S/C50H98N8O5/c1-3-5-7-9-11-13-15-17-19-21-23-25-27-29-31-35-45(59)54-40-42-58(48(62)38-37-47(61)57-44(49(51)63)34-33-39-56-50(52)53)43-41-55-46(60)36-32-30-28-26-24-22-20-18-16-14-12-10-8-6-4-2/h44H,3-43H2,1-2H3,(H2,51,63)(H,54,59)(H,55,60)(H,57,61)(H4,52,53,56)/t44-/m0/s1. The first-order valence-corrected chi connectivity index (χ1v) is 26.1. The van der Waals surface area contributed by atoms with Gasteiger partial charge in [0.05, 0.1) is 0 Å². The molecular weight excluding hydrogens is 793 g/mol. The molecule has 13 nitrogen and oxygen atoms in total. The Kier molecular flexibility index (Phi) is 42.8. The van der Waals surface area contributed by atoms with Crippen LogP contribution in [0.15, 0.2) is 4.99 Å². The number of carbonyl (C=O) groups excluding carboxylic acids is 5. The number of unbranched alkanes of at least 4 members (excludes halogenated alkanes) is 28. The second-order valence-corrected chi connectivity index (χ2v) is 18.0. The second kappa shape index (κ2) is 45.2. The summed E-state index contributed by atoms with van der Waals surface area (Å²) in [5, 5.41) is 8.51. The summed E-state index contributed by atoms with van der Waals surface area (Å²) in [6, 6.07) is -0.905. The first-order chi connectivity index (χ1) is 30.6. The number of nitrogens with zero attached hydrogens (tertiary/aromatic N) is 2. The molecular formula is C50H98N8O5. The van der Waals surface area contributed by atoms with E-state index in [1.807, 2.05) is 0 Å².